The first kappa shape index (κ1) is 9.77. The molecule has 0 fully saturated rings. The topological polar surface area (TPSA) is 46.0 Å². The monoisotopic (exact) mass is 183 g/mol. The number of aromatic amines is 1. The van der Waals surface area contributed by atoms with E-state index in [0.29, 0.717) is 12.4 Å². The average molecular weight is 183 g/mol. The van der Waals surface area contributed by atoms with E-state index in [1.54, 1.807) is 11.5 Å². The first-order chi connectivity index (χ1) is 6.07. The second kappa shape index (κ2) is 3.60. The van der Waals surface area contributed by atoms with Crippen LogP contribution < -0.4 is 4.57 Å². The number of hydrogen-bond acceptors (Lipinski definition) is 2. The Morgan fingerprint density at radius 3 is 2.54 bits per heavy atom. The van der Waals surface area contributed by atoms with E-state index in [4.69, 9.17) is 4.74 Å². The van der Waals surface area contributed by atoms with Crippen LogP contribution in [0.5, 0.6) is 0 Å². The third-order valence-electron chi connectivity index (χ3n) is 2.16. The van der Waals surface area contributed by atoms with E-state index in [0.717, 1.165) is 11.4 Å². The lowest BCUT2D eigenvalue weighted by Crippen LogP contribution is -2.37. The Morgan fingerprint density at radius 2 is 2.15 bits per heavy atom. The Kier molecular flexibility index (Phi) is 2.70. The third kappa shape index (κ3) is 1.71. The second-order valence-corrected chi connectivity index (χ2v) is 2.96. The summed E-state index contributed by atoms with van der Waals surface area (Å²) in [7, 11) is 1.84. The minimum absolute atomic E-state index is 0.304. The third-order valence-corrected chi connectivity index (χ3v) is 2.16. The highest BCUT2D eigenvalue weighted by atomic mass is 16.5. The van der Waals surface area contributed by atoms with E-state index in [1.165, 1.54) is 0 Å². The van der Waals surface area contributed by atoms with Crippen LogP contribution in [-0.2, 0) is 11.8 Å². The lowest BCUT2D eigenvalue weighted by Gasteiger charge is -1.95. The highest BCUT2D eigenvalue weighted by molar-refractivity contribution is 5.83. The number of esters is 1. The molecule has 1 aromatic heterocycles. The van der Waals surface area contributed by atoms with Crippen LogP contribution in [0.15, 0.2) is 0 Å². The van der Waals surface area contributed by atoms with Gasteiger partial charge in [0.15, 0.2) is 0 Å². The van der Waals surface area contributed by atoms with Crippen LogP contribution in [0.2, 0.25) is 0 Å². The van der Waals surface area contributed by atoms with E-state index in [1.807, 2.05) is 20.9 Å². The van der Waals surface area contributed by atoms with Crippen molar-refractivity contribution >= 4 is 5.97 Å². The molecule has 0 amide bonds. The van der Waals surface area contributed by atoms with Gasteiger partial charge in [-0.1, -0.05) is 0 Å². The van der Waals surface area contributed by atoms with Crippen molar-refractivity contribution in [2.45, 2.75) is 20.8 Å². The van der Waals surface area contributed by atoms with E-state index in [2.05, 4.69) is 4.98 Å². The van der Waals surface area contributed by atoms with Gasteiger partial charge in [-0.05, 0) is 6.92 Å². The predicted octanol–water partition coefficient (Wildman–Crippen LogP) is 0.633. The molecule has 0 aliphatic carbocycles. The van der Waals surface area contributed by atoms with Gasteiger partial charge in [-0.25, -0.2) is 14.3 Å². The molecule has 0 aliphatic heterocycles. The maximum absolute atomic E-state index is 11.4. The number of hydrogen-bond donors (Lipinski definition) is 1. The fraction of sp³-hybridized carbons (Fsp3) is 0.556. The molecule has 0 spiro atoms. The number of aromatic nitrogens is 2. The molecule has 1 aromatic rings. The molecular formula is C9H15N2O2+. The fourth-order valence-electron chi connectivity index (χ4n) is 1.16. The predicted molar refractivity (Wildman–Crippen MR) is 47.4 cm³/mol. The first-order valence-electron chi connectivity index (χ1n) is 4.30. The van der Waals surface area contributed by atoms with Crippen LogP contribution >= 0.6 is 0 Å². The smallest absolute Gasteiger partial charge is 0.421 e. The van der Waals surface area contributed by atoms with Crippen LogP contribution in [0.3, 0.4) is 0 Å². The van der Waals surface area contributed by atoms with Crippen LogP contribution in [0.4, 0.5) is 0 Å². The van der Waals surface area contributed by atoms with Gasteiger partial charge in [0.05, 0.1) is 13.7 Å². The molecule has 13 heavy (non-hydrogen) atoms. The lowest BCUT2D eigenvalue weighted by atomic mass is 10.4. The Balaban J connectivity index is 3.01. The summed E-state index contributed by atoms with van der Waals surface area (Å²) in [6.07, 6.45) is 0. The number of imidazole rings is 1. The van der Waals surface area contributed by atoms with Crippen molar-refractivity contribution in [1.82, 2.24) is 4.98 Å². The zero-order valence-electron chi connectivity index (χ0n) is 8.47. The number of aryl methyl sites for hydroxylation is 1. The van der Waals surface area contributed by atoms with Crippen molar-refractivity contribution in [3.63, 3.8) is 0 Å². The summed E-state index contributed by atoms with van der Waals surface area (Å²) in [5.74, 6) is 0.193. The second-order valence-electron chi connectivity index (χ2n) is 2.96. The summed E-state index contributed by atoms with van der Waals surface area (Å²) < 4.78 is 6.68. The number of nitrogens with zero attached hydrogens (tertiary/aromatic N) is 1. The summed E-state index contributed by atoms with van der Waals surface area (Å²) in [4.78, 5) is 14.3. The van der Waals surface area contributed by atoms with Crippen LogP contribution in [0.25, 0.3) is 0 Å². The van der Waals surface area contributed by atoms with Crippen LogP contribution in [0, 0.1) is 13.8 Å². The lowest BCUT2D eigenvalue weighted by molar-refractivity contribution is -0.678. The Morgan fingerprint density at radius 1 is 1.54 bits per heavy atom. The Labute approximate surface area is 77.5 Å². The molecule has 1 rings (SSSR count). The summed E-state index contributed by atoms with van der Waals surface area (Å²) in [5.41, 5.74) is 2.04. The highest BCUT2D eigenvalue weighted by Crippen LogP contribution is 2.01. The molecule has 0 atom stereocenters. The number of carbonyl (C=O) groups excluding carboxylic acids is 1. The molecule has 0 unspecified atom stereocenters. The van der Waals surface area contributed by atoms with Gasteiger partial charge in [0, 0.05) is 13.8 Å². The minimum Gasteiger partial charge on any atom is -0.457 e. The number of ether oxygens (including phenoxy) is 1. The van der Waals surface area contributed by atoms with Gasteiger partial charge in [0.1, 0.15) is 11.4 Å². The zero-order valence-corrected chi connectivity index (χ0v) is 8.47. The molecule has 0 saturated carbocycles. The summed E-state index contributed by atoms with van der Waals surface area (Å²) in [5, 5.41) is 0. The maximum atomic E-state index is 11.4. The Hall–Kier alpha value is -1.32. The molecule has 4 nitrogen and oxygen atoms in total. The van der Waals surface area contributed by atoms with E-state index in [-0.39, 0.29) is 5.97 Å². The van der Waals surface area contributed by atoms with Crippen molar-refractivity contribution in [1.29, 1.82) is 0 Å². The molecule has 0 aliphatic rings. The van der Waals surface area contributed by atoms with Crippen LogP contribution in [-0.4, -0.2) is 17.6 Å². The molecule has 4 heteroatoms. The van der Waals surface area contributed by atoms with Gasteiger partial charge in [-0.3, -0.25) is 0 Å². The maximum Gasteiger partial charge on any atom is 0.421 e. The van der Waals surface area contributed by atoms with Crippen molar-refractivity contribution in [3.05, 3.63) is 17.2 Å². The van der Waals surface area contributed by atoms with E-state index in [9.17, 15) is 4.79 Å². The fourth-order valence-corrected chi connectivity index (χ4v) is 1.16. The summed E-state index contributed by atoms with van der Waals surface area (Å²) in [6, 6.07) is 0. The van der Waals surface area contributed by atoms with Crippen molar-refractivity contribution in [2.24, 2.45) is 7.05 Å². The van der Waals surface area contributed by atoms with Gasteiger partial charge in [0.2, 0.25) is 0 Å². The first-order valence-corrected chi connectivity index (χ1v) is 4.30. The SMILES string of the molecule is CCOC(=O)c1[nH]c(C)c(C)[n+]1C. The average Bonchev–Trinajstić information content (AvgIpc) is 2.33. The van der Waals surface area contributed by atoms with E-state index < -0.39 is 0 Å². The normalized spacial score (nSPS) is 10.2. The molecule has 0 saturated heterocycles. The number of nitrogens with one attached hydrogen (secondary N) is 1. The molecular weight excluding hydrogens is 168 g/mol. The van der Waals surface area contributed by atoms with Gasteiger partial charge in [-0.2, -0.15) is 0 Å². The Bertz CT molecular complexity index is 329. The standard InChI is InChI=1S/C9H14N2O2/c1-5-13-9(12)8-10-6(2)7(3)11(8)4/h5H2,1-4H3/p+1. The molecule has 0 bridgehead atoms. The molecule has 1 heterocycles. The van der Waals surface area contributed by atoms with E-state index >= 15 is 0 Å². The molecule has 1 N–H and O–H groups in total. The zero-order chi connectivity index (χ0) is 10.0. The summed E-state index contributed by atoms with van der Waals surface area (Å²) >= 11 is 0. The van der Waals surface area contributed by atoms with Crippen molar-refractivity contribution in [2.75, 3.05) is 6.61 Å². The largest absolute Gasteiger partial charge is 0.457 e. The molecule has 0 aromatic carbocycles. The van der Waals surface area contributed by atoms with Gasteiger partial charge >= 0.3 is 11.8 Å². The van der Waals surface area contributed by atoms with Crippen LogP contribution in [0.1, 0.15) is 28.9 Å². The van der Waals surface area contributed by atoms with Gasteiger partial charge in [0.25, 0.3) is 0 Å². The molecule has 0 radical (unpaired) electrons. The minimum atomic E-state index is -0.304. The number of rotatable bonds is 2. The van der Waals surface area contributed by atoms with Crippen molar-refractivity contribution < 1.29 is 14.1 Å². The number of H-pyrrole nitrogens is 1. The van der Waals surface area contributed by atoms with Gasteiger partial charge in [-0.15, -0.1) is 0 Å². The molecule has 72 valence electrons. The van der Waals surface area contributed by atoms with Gasteiger partial charge < -0.3 is 4.74 Å². The number of carbonyl (C=O) groups is 1. The van der Waals surface area contributed by atoms with Crippen molar-refractivity contribution in [3.8, 4) is 0 Å². The highest BCUT2D eigenvalue weighted by Gasteiger charge is 2.23. The quantitative estimate of drug-likeness (QED) is 0.540. The summed E-state index contributed by atoms with van der Waals surface area (Å²) in [6.45, 7) is 6.07.